The summed E-state index contributed by atoms with van der Waals surface area (Å²) in [7, 11) is 0. The molecule has 0 saturated carbocycles. The van der Waals surface area contributed by atoms with Gasteiger partial charge in [-0.3, -0.25) is 0 Å². The van der Waals surface area contributed by atoms with Gasteiger partial charge in [-0.1, -0.05) is 11.6 Å². The molecule has 0 saturated heterocycles. The van der Waals surface area contributed by atoms with Crippen LogP contribution in [0.5, 0.6) is 0 Å². The molecule has 2 aromatic heterocycles. The number of nitrogens with zero attached hydrogens (tertiary/aromatic N) is 1. The molecule has 0 atom stereocenters. The van der Waals surface area contributed by atoms with E-state index in [1.54, 1.807) is 0 Å². The van der Waals surface area contributed by atoms with Gasteiger partial charge in [0.05, 0.1) is 11.3 Å². The van der Waals surface area contributed by atoms with E-state index in [2.05, 4.69) is 4.98 Å². The van der Waals surface area contributed by atoms with Crippen molar-refractivity contribution in [2.45, 2.75) is 13.5 Å². The SMILES string of the molecule is Cc1cc2cc(CO)sc2c(Cl)n1. The number of aliphatic hydroxyl groups excluding tert-OH is 1. The fourth-order valence-corrected chi connectivity index (χ4v) is 2.50. The van der Waals surface area contributed by atoms with Gasteiger partial charge in [-0.25, -0.2) is 4.98 Å². The maximum absolute atomic E-state index is 8.95. The molecule has 0 spiro atoms. The number of aromatic nitrogens is 1. The summed E-state index contributed by atoms with van der Waals surface area (Å²) >= 11 is 7.44. The highest BCUT2D eigenvalue weighted by Gasteiger charge is 2.06. The number of hydrogen-bond acceptors (Lipinski definition) is 3. The summed E-state index contributed by atoms with van der Waals surface area (Å²) in [4.78, 5) is 5.06. The van der Waals surface area contributed by atoms with Crippen LogP contribution in [0, 0.1) is 6.92 Å². The quantitative estimate of drug-likeness (QED) is 0.739. The van der Waals surface area contributed by atoms with E-state index >= 15 is 0 Å². The van der Waals surface area contributed by atoms with E-state index in [0.29, 0.717) is 5.15 Å². The molecule has 2 rings (SSSR count). The Labute approximate surface area is 84.8 Å². The maximum atomic E-state index is 8.95. The van der Waals surface area contributed by atoms with E-state index < -0.39 is 0 Å². The van der Waals surface area contributed by atoms with Gasteiger partial charge in [0.2, 0.25) is 0 Å². The third kappa shape index (κ3) is 1.55. The summed E-state index contributed by atoms with van der Waals surface area (Å²) in [6.45, 7) is 1.97. The van der Waals surface area contributed by atoms with Crippen molar-refractivity contribution in [3.05, 3.63) is 27.9 Å². The molecular formula is C9H8ClNOS. The first-order chi connectivity index (χ1) is 6.20. The monoisotopic (exact) mass is 213 g/mol. The molecule has 68 valence electrons. The molecule has 4 heteroatoms. The van der Waals surface area contributed by atoms with Crippen LogP contribution in [-0.4, -0.2) is 10.1 Å². The highest BCUT2D eigenvalue weighted by atomic mass is 35.5. The van der Waals surface area contributed by atoms with Crippen molar-refractivity contribution in [2.75, 3.05) is 0 Å². The topological polar surface area (TPSA) is 33.1 Å². The van der Waals surface area contributed by atoms with Crippen molar-refractivity contribution in [3.63, 3.8) is 0 Å². The second-order valence-corrected chi connectivity index (χ2v) is 4.34. The average Bonchev–Trinajstić information content (AvgIpc) is 2.47. The molecule has 1 N–H and O–H groups in total. The molecule has 0 aliphatic carbocycles. The van der Waals surface area contributed by atoms with Crippen LogP contribution in [0.1, 0.15) is 10.6 Å². The summed E-state index contributed by atoms with van der Waals surface area (Å²) < 4.78 is 0.955. The molecule has 0 aromatic carbocycles. The number of aryl methyl sites for hydroxylation is 1. The fourth-order valence-electron chi connectivity index (χ4n) is 1.27. The zero-order chi connectivity index (χ0) is 9.42. The van der Waals surface area contributed by atoms with Crippen molar-refractivity contribution in [3.8, 4) is 0 Å². The molecule has 0 bridgehead atoms. The summed E-state index contributed by atoms with van der Waals surface area (Å²) in [5.41, 5.74) is 0.903. The number of aliphatic hydroxyl groups is 1. The fraction of sp³-hybridized carbons (Fsp3) is 0.222. The highest BCUT2D eigenvalue weighted by molar-refractivity contribution is 7.19. The maximum Gasteiger partial charge on any atom is 0.147 e. The van der Waals surface area contributed by atoms with Gasteiger partial charge in [-0.15, -0.1) is 11.3 Å². The first-order valence-electron chi connectivity index (χ1n) is 3.87. The third-order valence-electron chi connectivity index (χ3n) is 1.79. The second-order valence-electron chi connectivity index (χ2n) is 2.84. The Morgan fingerprint density at radius 2 is 2.31 bits per heavy atom. The van der Waals surface area contributed by atoms with Gasteiger partial charge in [0.1, 0.15) is 5.15 Å². The van der Waals surface area contributed by atoms with Gasteiger partial charge in [0, 0.05) is 10.6 Å². The Morgan fingerprint density at radius 3 is 3.00 bits per heavy atom. The van der Waals surface area contributed by atoms with E-state index in [1.807, 2.05) is 19.1 Å². The van der Waals surface area contributed by atoms with E-state index in [4.69, 9.17) is 16.7 Å². The van der Waals surface area contributed by atoms with Crippen molar-refractivity contribution < 1.29 is 5.11 Å². The van der Waals surface area contributed by atoms with E-state index in [-0.39, 0.29) is 6.61 Å². The van der Waals surface area contributed by atoms with Gasteiger partial charge >= 0.3 is 0 Å². The molecule has 0 aliphatic rings. The normalized spacial score (nSPS) is 11.0. The minimum atomic E-state index is 0.0642. The van der Waals surface area contributed by atoms with Crippen molar-refractivity contribution in [1.82, 2.24) is 4.98 Å². The van der Waals surface area contributed by atoms with Crippen LogP contribution >= 0.6 is 22.9 Å². The molecular weight excluding hydrogens is 206 g/mol. The van der Waals surface area contributed by atoms with Gasteiger partial charge in [0.25, 0.3) is 0 Å². The lowest BCUT2D eigenvalue weighted by molar-refractivity contribution is 0.285. The van der Waals surface area contributed by atoms with Crippen molar-refractivity contribution >= 4 is 33.0 Å². The lowest BCUT2D eigenvalue weighted by atomic mass is 10.3. The molecule has 13 heavy (non-hydrogen) atoms. The van der Waals surface area contributed by atoms with Crippen LogP contribution in [0.25, 0.3) is 10.1 Å². The van der Waals surface area contributed by atoms with Crippen LogP contribution in [-0.2, 0) is 6.61 Å². The zero-order valence-corrected chi connectivity index (χ0v) is 8.61. The van der Waals surface area contributed by atoms with Crippen LogP contribution < -0.4 is 0 Å². The lowest BCUT2D eigenvalue weighted by Crippen LogP contribution is -1.79. The van der Waals surface area contributed by atoms with E-state index in [9.17, 15) is 0 Å². The predicted octanol–water partition coefficient (Wildman–Crippen LogP) is 2.75. The molecule has 0 fully saturated rings. The minimum absolute atomic E-state index is 0.0642. The molecule has 0 amide bonds. The van der Waals surface area contributed by atoms with Gasteiger partial charge in [-0.2, -0.15) is 0 Å². The van der Waals surface area contributed by atoms with E-state index in [1.165, 1.54) is 11.3 Å². The Kier molecular flexibility index (Phi) is 2.24. The summed E-state index contributed by atoms with van der Waals surface area (Å²) in [6, 6.07) is 3.91. The Morgan fingerprint density at radius 1 is 1.54 bits per heavy atom. The number of fused-ring (bicyclic) bond motifs is 1. The summed E-state index contributed by atoms with van der Waals surface area (Å²) in [5.74, 6) is 0. The average molecular weight is 214 g/mol. The van der Waals surface area contributed by atoms with E-state index in [0.717, 1.165) is 20.7 Å². The van der Waals surface area contributed by atoms with Crippen LogP contribution in [0.15, 0.2) is 12.1 Å². The number of thiophene rings is 1. The van der Waals surface area contributed by atoms with Crippen LogP contribution in [0.4, 0.5) is 0 Å². The molecule has 2 nitrogen and oxygen atoms in total. The Bertz CT molecular complexity index is 452. The Hall–Kier alpha value is -0.640. The largest absolute Gasteiger partial charge is 0.391 e. The number of pyridine rings is 1. The minimum Gasteiger partial charge on any atom is -0.391 e. The van der Waals surface area contributed by atoms with Gasteiger partial charge in [0.15, 0.2) is 0 Å². The van der Waals surface area contributed by atoms with Crippen LogP contribution in [0.2, 0.25) is 5.15 Å². The Balaban J connectivity index is 2.75. The highest BCUT2D eigenvalue weighted by Crippen LogP contribution is 2.30. The van der Waals surface area contributed by atoms with Gasteiger partial charge < -0.3 is 5.11 Å². The first-order valence-corrected chi connectivity index (χ1v) is 5.06. The molecule has 0 aliphatic heterocycles. The van der Waals surface area contributed by atoms with Gasteiger partial charge in [-0.05, 0) is 24.4 Å². The second kappa shape index (κ2) is 3.25. The number of hydrogen-bond donors (Lipinski definition) is 1. The van der Waals surface area contributed by atoms with Crippen molar-refractivity contribution in [1.29, 1.82) is 0 Å². The molecule has 2 aromatic rings. The van der Waals surface area contributed by atoms with Crippen molar-refractivity contribution in [2.24, 2.45) is 0 Å². The summed E-state index contributed by atoms with van der Waals surface area (Å²) in [5, 5.41) is 10.5. The van der Waals surface area contributed by atoms with Crippen LogP contribution in [0.3, 0.4) is 0 Å². The number of rotatable bonds is 1. The third-order valence-corrected chi connectivity index (χ3v) is 3.32. The lowest BCUT2D eigenvalue weighted by Gasteiger charge is -1.94. The smallest absolute Gasteiger partial charge is 0.147 e. The predicted molar refractivity (Wildman–Crippen MR) is 55.3 cm³/mol. The molecule has 0 radical (unpaired) electrons. The molecule has 0 unspecified atom stereocenters. The summed E-state index contributed by atoms with van der Waals surface area (Å²) in [6.07, 6.45) is 0. The first kappa shape index (κ1) is 8.94. The number of halogens is 1. The molecule has 2 heterocycles. The standard InChI is InChI=1S/C9H8ClNOS/c1-5-2-6-3-7(4-12)13-8(6)9(10)11-5/h2-3,12H,4H2,1H3. The zero-order valence-electron chi connectivity index (χ0n) is 7.04.